The van der Waals surface area contributed by atoms with E-state index in [2.05, 4.69) is 15.6 Å². The Kier molecular flexibility index (Phi) is 7.83. The molecule has 0 radical (unpaired) electrons. The number of benzene rings is 2. The second-order valence-electron chi connectivity index (χ2n) is 9.13. The van der Waals surface area contributed by atoms with E-state index in [1.165, 1.54) is 26.4 Å². The van der Waals surface area contributed by atoms with Gasteiger partial charge in [-0.3, -0.25) is 19.9 Å². The summed E-state index contributed by atoms with van der Waals surface area (Å²) in [5.74, 6) is 1.70. The van der Waals surface area contributed by atoms with Crippen LogP contribution in [0.2, 0.25) is 0 Å². The zero-order chi connectivity index (χ0) is 29.1. The van der Waals surface area contributed by atoms with Crippen LogP contribution in [0.1, 0.15) is 36.9 Å². The summed E-state index contributed by atoms with van der Waals surface area (Å²) in [6.07, 6.45) is 2.04. The second kappa shape index (κ2) is 11.6. The summed E-state index contributed by atoms with van der Waals surface area (Å²) in [7, 11) is 2.98. The minimum absolute atomic E-state index is 0.0865. The first-order valence-electron chi connectivity index (χ1n) is 12.8. The summed E-state index contributed by atoms with van der Waals surface area (Å²) in [6, 6.07) is 18.2. The maximum Gasteiger partial charge on any atom is 0.273 e. The molecular formula is C29H27N5O6S. The van der Waals surface area contributed by atoms with Crippen molar-refractivity contribution in [3.63, 3.8) is 0 Å². The number of carbonyl (C=O) groups excluding carboxylic acids is 1. The van der Waals surface area contributed by atoms with E-state index < -0.39 is 11.0 Å². The Hall–Kier alpha value is -4.97. The number of nitrogens with one attached hydrogen (secondary N) is 2. The van der Waals surface area contributed by atoms with Gasteiger partial charge < -0.3 is 29.4 Å². The number of anilines is 2. The molecule has 4 aromatic rings. The van der Waals surface area contributed by atoms with Crippen LogP contribution in [-0.2, 0) is 4.79 Å². The molecule has 0 unspecified atom stereocenters. The van der Waals surface area contributed by atoms with E-state index in [0.29, 0.717) is 51.5 Å². The molecular weight excluding hydrogens is 546 g/mol. The number of furan rings is 1. The minimum atomic E-state index is -0.479. The third-order valence-electron chi connectivity index (χ3n) is 6.74. The zero-order valence-corrected chi connectivity index (χ0v) is 23.3. The number of hydrogen-bond donors (Lipinski definition) is 2. The zero-order valence-electron chi connectivity index (χ0n) is 22.5. The van der Waals surface area contributed by atoms with Gasteiger partial charge in [-0.25, -0.2) is 0 Å². The molecule has 1 amide bonds. The number of rotatable bonds is 9. The molecule has 0 aliphatic carbocycles. The van der Waals surface area contributed by atoms with Gasteiger partial charge in [-0.15, -0.1) is 0 Å². The molecule has 1 aliphatic heterocycles. The topological polar surface area (TPSA) is 132 Å². The summed E-state index contributed by atoms with van der Waals surface area (Å²) < 4.78 is 17.4. The Morgan fingerprint density at radius 3 is 2.61 bits per heavy atom. The van der Waals surface area contributed by atoms with Crippen molar-refractivity contribution in [1.29, 1.82) is 0 Å². The van der Waals surface area contributed by atoms with Crippen LogP contribution in [0, 0.1) is 10.1 Å². The number of amides is 1. The molecule has 2 aromatic heterocycles. The number of nitrogens with zero attached hydrogens (tertiary/aromatic N) is 3. The first kappa shape index (κ1) is 27.6. The van der Waals surface area contributed by atoms with Crippen molar-refractivity contribution in [2.75, 3.05) is 24.4 Å². The van der Waals surface area contributed by atoms with Crippen LogP contribution < -0.4 is 25.0 Å². The van der Waals surface area contributed by atoms with Crippen molar-refractivity contribution in [1.82, 2.24) is 10.3 Å². The lowest BCUT2D eigenvalue weighted by Crippen LogP contribution is -2.29. The highest BCUT2D eigenvalue weighted by Crippen LogP contribution is 2.45. The monoisotopic (exact) mass is 573 g/mol. The Labute approximate surface area is 241 Å². The van der Waals surface area contributed by atoms with Crippen LogP contribution >= 0.6 is 12.2 Å². The van der Waals surface area contributed by atoms with E-state index in [1.807, 2.05) is 35.2 Å². The van der Waals surface area contributed by atoms with Gasteiger partial charge >= 0.3 is 0 Å². The fraction of sp³-hybridized carbons (Fsp3) is 0.207. The number of carbonyl (C=O) groups is 1. The van der Waals surface area contributed by atoms with Crippen LogP contribution in [-0.4, -0.2) is 35.1 Å². The molecule has 5 rings (SSSR count). The lowest BCUT2D eigenvalue weighted by molar-refractivity contribution is -0.384. The van der Waals surface area contributed by atoms with Gasteiger partial charge in [0.2, 0.25) is 5.91 Å². The van der Waals surface area contributed by atoms with Gasteiger partial charge in [0.15, 0.2) is 5.11 Å². The van der Waals surface area contributed by atoms with E-state index in [9.17, 15) is 14.9 Å². The molecule has 2 atom stereocenters. The standard InChI is InChI=1S/C29H27N5O6S/c1-4-26(35)31-20-11-9-17(15-25(20)39-3)33-28(27(32-29(33)41)21-7-5-6-14-30-21)23-13-12-22(40-23)19-10-8-18(34(36)37)16-24(19)38-2/h5-16,27-28H,4H2,1-3H3,(H,31,35)(H,32,41)/t27-,28-/m0/s1. The number of pyridine rings is 1. The Bertz CT molecular complexity index is 1610. The molecule has 11 nitrogen and oxygen atoms in total. The Balaban J connectivity index is 1.58. The number of aromatic nitrogens is 1. The van der Waals surface area contributed by atoms with Crippen LogP contribution in [0.3, 0.4) is 0 Å². The van der Waals surface area contributed by atoms with E-state index in [-0.39, 0.29) is 17.6 Å². The summed E-state index contributed by atoms with van der Waals surface area (Å²) in [5, 5.41) is 17.9. The van der Waals surface area contributed by atoms with Crippen molar-refractivity contribution in [3.8, 4) is 22.8 Å². The predicted octanol–water partition coefficient (Wildman–Crippen LogP) is 5.79. The molecule has 0 bridgehead atoms. The summed E-state index contributed by atoms with van der Waals surface area (Å²) in [6.45, 7) is 1.77. The Morgan fingerprint density at radius 1 is 1.12 bits per heavy atom. The molecule has 2 N–H and O–H groups in total. The normalized spacial score (nSPS) is 16.3. The highest BCUT2D eigenvalue weighted by Gasteiger charge is 2.43. The number of non-ortho nitro benzene ring substituents is 1. The van der Waals surface area contributed by atoms with Gasteiger partial charge in [-0.2, -0.15) is 0 Å². The SMILES string of the molecule is CCC(=O)Nc1ccc(N2C(=S)N[C@@H](c3ccccn3)[C@@H]2c2ccc(-c3ccc([N+](=O)[O-])cc3OC)o2)cc1OC. The third kappa shape index (κ3) is 5.41. The largest absolute Gasteiger partial charge is 0.496 e. The average molecular weight is 574 g/mol. The van der Waals surface area contributed by atoms with E-state index >= 15 is 0 Å². The number of ether oxygens (including phenoxy) is 2. The molecule has 1 aliphatic rings. The highest BCUT2D eigenvalue weighted by molar-refractivity contribution is 7.80. The molecule has 0 saturated carbocycles. The first-order valence-corrected chi connectivity index (χ1v) is 13.2. The fourth-order valence-electron chi connectivity index (χ4n) is 4.75. The molecule has 12 heteroatoms. The van der Waals surface area contributed by atoms with Crippen molar-refractivity contribution >= 4 is 40.3 Å². The van der Waals surface area contributed by atoms with Crippen molar-refractivity contribution in [2.45, 2.75) is 25.4 Å². The molecule has 41 heavy (non-hydrogen) atoms. The second-order valence-corrected chi connectivity index (χ2v) is 9.51. The molecule has 3 heterocycles. The van der Waals surface area contributed by atoms with Gasteiger partial charge in [0.25, 0.3) is 5.69 Å². The first-order chi connectivity index (χ1) is 19.8. The van der Waals surface area contributed by atoms with Gasteiger partial charge in [-0.1, -0.05) is 13.0 Å². The van der Waals surface area contributed by atoms with Crippen LogP contribution in [0.4, 0.5) is 17.1 Å². The summed E-state index contributed by atoms with van der Waals surface area (Å²) in [4.78, 5) is 29.3. The highest BCUT2D eigenvalue weighted by atomic mass is 32.1. The summed E-state index contributed by atoms with van der Waals surface area (Å²) in [5.41, 5.74) is 2.49. The Morgan fingerprint density at radius 2 is 1.93 bits per heavy atom. The van der Waals surface area contributed by atoms with Crippen molar-refractivity contribution in [2.24, 2.45) is 0 Å². The number of hydrogen-bond acceptors (Lipinski definition) is 8. The average Bonchev–Trinajstić information content (AvgIpc) is 3.61. The third-order valence-corrected chi connectivity index (χ3v) is 7.05. The van der Waals surface area contributed by atoms with Gasteiger partial charge in [0, 0.05) is 30.4 Å². The molecule has 1 saturated heterocycles. The van der Waals surface area contributed by atoms with Gasteiger partial charge in [0.1, 0.15) is 29.1 Å². The maximum absolute atomic E-state index is 12.0. The summed E-state index contributed by atoms with van der Waals surface area (Å²) >= 11 is 5.81. The quantitative estimate of drug-likeness (QED) is 0.144. The van der Waals surface area contributed by atoms with Crippen molar-refractivity contribution in [3.05, 3.63) is 94.5 Å². The number of nitro groups is 1. The molecule has 1 fully saturated rings. The number of thiocarbonyl (C=S) groups is 1. The maximum atomic E-state index is 12.0. The minimum Gasteiger partial charge on any atom is -0.496 e. The molecule has 0 spiro atoms. The predicted molar refractivity (Wildman–Crippen MR) is 157 cm³/mol. The van der Waals surface area contributed by atoms with Gasteiger partial charge in [-0.05, 0) is 54.7 Å². The number of methoxy groups -OCH3 is 2. The van der Waals surface area contributed by atoms with E-state index in [1.54, 1.807) is 37.4 Å². The lowest BCUT2D eigenvalue weighted by atomic mass is 10.0. The van der Waals surface area contributed by atoms with E-state index in [4.69, 9.17) is 26.1 Å². The fourth-order valence-corrected chi connectivity index (χ4v) is 5.09. The van der Waals surface area contributed by atoms with Crippen molar-refractivity contribution < 1.29 is 23.6 Å². The van der Waals surface area contributed by atoms with E-state index in [0.717, 1.165) is 5.69 Å². The van der Waals surface area contributed by atoms with Crippen LogP contribution in [0.15, 0.2) is 77.3 Å². The van der Waals surface area contributed by atoms with Crippen LogP contribution in [0.25, 0.3) is 11.3 Å². The van der Waals surface area contributed by atoms with Crippen LogP contribution in [0.5, 0.6) is 11.5 Å². The molecule has 2 aromatic carbocycles. The number of nitro benzene ring substituents is 1. The lowest BCUT2D eigenvalue weighted by Gasteiger charge is -2.27. The molecule has 210 valence electrons. The smallest absolute Gasteiger partial charge is 0.273 e. The van der Waals surface area contributed by atoms with Gasteiger partial charge in [0.05, 0.1) is 48.2 Å².